The second-order valence-electron chi connectivity index (χ2n) is 3.31. The number of carbonyl (C=O) groups excluding carboxylic acids is 1. The van der Waals surface area contributed by atoms with Crippen LogP contribution in [0.5, 0.6) is 0 Å². The van der Waals surface area contributed by atoms with E-state index in [9.17, 15) is 9.18 Å². The van der Waals surface area contributed by atoms with Gasteiger partial charge in [-0.1, -0.05) is 6.58 Å². The molecule has 1 aromatic rings. The van der Waals surface area contributed by atoms with Gasteiger partial charge >= 0.3 is 0 Å². The van der Waals surface area contributed by atoms with Crippen LogP contribution in [0.4, 0.5) is 4.39 Å². The highest BCUT2D eigenvalue weighted by Crippen LogP contribution is 2.00. The zero-order valence-corrected chi connectivity index (χ0v) is 8.88. The second-order valence-corrected chi connectivity index (χ2v) is 3.31. The van der Waals surface area contributed by atoms with Crippen molar-refractivity contribution >= 4 is 5.91 Å². The lowest BCUT2D eigenvalue weighted by molar-refractivity contribution is -0.118. The van der Waals surface area contributed by atoms with Crippen LogP contribution in [-0.2, 0) is 11.3 Å². The lowest BCUT2D eigenvalue weighted by Gasteiger charge is -2.05. The SMILES string of the molecule is C=C(F)C(=O)NCCn1nc(C)cc1C. The van der Waals surface area contributed by atoms with Crippen molar-refractivity contribution in [1.82, 2.24) is 15.1 Å². The molecule has 1 amide bonds. The highest BCUT2D eigenvalue weighted by atomic mass is 19.1. The summed E-state index contributed by atoms with van der Waals surface area (Å²) in [6, 6.07) is 1.94. The van der Waals surface area contributed by atoms with Crippen LogP contribution < -0.4 is 5.32 Å². The van der Waals surface area contributed by atoms with Gasteiger partial charge in [0.1, 0.15) is 0 Å². The maximum atomic E-state index is 12.3. The van der Waals surface area contributed by atoms with Gasteiger partial charge in [0.05, 0.1) is 12.2 Å². The molecule has 0 aliphatic heterocycles. The molecule has 0 unspecified atom stereocenters. The molecular weight excluding hydrogens is 197 g/mol. The van der Waals surface area contributed by atoms with E-state index in [-0.39, 0.29) is 0 Å². The van der Waals surface area contributed by atoms with Gasteiger partial charge in [0, 0.05) is 12.2 Å². The standard InChI is InChI=1S/C10H14FN3O/c1-7-6-8(2)14(13-7)5-4-12-10(15)9(3)11/h6H,3-5H2,1-2H3,(H,12,15). The minimum Gasteiger partial charge on any atom is -0.348 e. The summed E-state index contributed by atoms with van der Waals surface area (Å²) in [7, 11) is 0. The van der Waals surface area contributed by atoms with E-state index >= 15 is 0 Å². The molecule has 0 fully saturated rings. The average molecular weight is 211 g/mol. The maximum Gasteiger partial charge on any atom is 0.279 e. The van der Waals surface area contributed by atoms with E-state index in [1.165, 1.54) is 0 Å². The topological polar surface area (TPSA) is 46.9 Å². The summed E-state index contributed by atoms with van der Waals surface area (Å²) in [6.07, 6.45) is 0. The molecule has 0 radical (unpaired) electrons. The molecule has 1 rings (SSSR count). The summed E-state index contributed by atoms with van der Waals surface area (Å²) in [5, 5.41) is 6.59. The molecule has 0 bridgehead atoms. The fourth-order valence-electron chi connectivity index (χ4n) is 1.27. The van der Waals surface area contributed by atoms with Crippen LogP contribution >= 0.6 is 0 Å². The zero-order chi connectivity index (χ0) is 11.4. The van der Waals surface area contributed by atoms with Gasteiger partial charge in [-0.25, -0.2) is 4.39 Å². The Morgan fingerprint density at radius 1 is 1.67 bits per heavy atom. The number of amides is 1. The lowest BCUT2D eigenvalue weighted by Crippen LogP contribution is -2.27. The molecule has 0 aliphatic carbocycles. The van der Waals surface area contributed by atoms with Gasteiger partial charge in [0.25, 0.3) is 5.91 Å². The molecule has 0 saturated heterocycles. The predicted molar refractivity (Wildman–Crippen MR) is 55.0 cm³/mol. The normalized spacial score (nSPS) is 10.1. The highest BCUT2D eigenvalue weighted by Gasteiger charge is 2.05. The molecule has 0 aromatic carbocycles. The van der Waals surface area contributed by atoms with Crippen molar-refractivity contribution in [2.45, 2.75) is 20.4 Å². The number of nitrogens with one attached hydrogen (secondary N) is 1. The molecule has 82 valence electrons. The molecule has 1 N–H and O–H groups in total. The minimum atomic E-state index is -0.969. The molecule has 5 heteroatoms. The van der Waals surface area contributed by atoms with Crippen molar-refractivity contribution in [3.05, 3.63) is 29.9 Å². The van der Waals surface area contributed by atoms with Gasteiger partial charge in [-0.3, -0.25) is 9.48 Å². The highest BCUT2D eigenvalue weighted by molar-refractivity contribution is 5.90. The number of halogens is 1. The van der Waals surface area contributed by atoms with Crippen molar-refractivity contribution < 1.29 is 9.18 Å². The Hall–Kier alpha value is -1.65. The summed E-state index contributed by atoms with van der Waals surface area (Å²) in [6.45, 7) is 7.59. The Morgan fingerprint density at radius 3 is 2.80 bits per heavy atom. The maximum absolute atomic E-state index is 12.3. The van der Waals surface area contributed by atoms with E-state index in [4.69, 9.17) is 0 Å². The molecule has 0 saturated carbocycles. The Bertz CT molecular complexity index is 384. The average Bonchev–Trinajstić information content (AvgIpc) is 2.45. The molecule has 0 spiro atoms. The molecule has 4 nitrogen and oxygen atoms in total. The third-order valence-corrected chi connectivity index (χ3v) is 1.96. The monoisotopic (exact) mass is 211 g/mol. The van der Waals surface area contributed by atoms with Crippen molar-refractivity contribution in [1.29, 1.82) is 0 Å². The predicted octanol–water partition coefficient (Wildman–Crippen LogP) is 1.10. The fraction of sp³-hybridized carbons (Fsp3) is 0.400. The molecule has 1 aromatic heterocycles. The molecular formula is C10H14FN3O. The van der Waals surface area contributed by atoms with Crippen LogP contribution in [0.25, 0.3) is 0 Å². The number of rotatable bonds is 4. The van der Waals surface area contributed by atoms with E-state index in [2.05, 4.69) is 17.0 Å². The number of hydrogen-bond donors (Lipinski definition) is 1. The Labute approximate surface area is 87.8 Å². The van der Waals surface area contributed by atoms with Gasteiger partial charge in [-0.05, 0) is 19.9 Å². The molecule has 15 heavy (non-hydrogen) atoms. The van der Waals surface area contributed by atoms with Crippen LogP contribution in [0, 0.1) is 13.8 Å². The third-order valence-electron chi connectivity index (χ3n) is 1.96. The fourth-order valence-corrected chi connectivity index (χ4v) is 1.27. The quantitative estimate of drug-likeness (QED) is 0.758. The first kappa shape index (κ1) is 11.4. The molecule has 0 atom stereocenters. The Balaban J connectivity index is 2.41. The summed E-state index contributed by atoms with van der Waals surface area (Å²) in [5.74, 6) is -1.74. The summed E-state index contributed by atoms with van der Waals surface area (Å²) >= 11 is 0. The van der Waals surface area contributed by atoms with E-state index in [1.54, 1.807) is 4.68 Å². The zero-order valence-electron chi connectivity index (χ0n) is 8.88. The number of aromatic nitrogens is 2. The van der Waals surface area contributed by atoms with Crippen molar-refractivity contribution in [3.63, 3.8) is 0 Å². The second kappa shape index (κ2) is 4.72. The first-order chi connectivity index (χ1) is 7.00. The van der Waals surface area contributed by atoms with Crippen LogP contribution in [0.3, 0.4) is 0 Å². The largest absolute Gasteiger partial charge is 0.348 e. The van der Waals surface area contributed by atoms with Gasteiger partial charge < -0.3 is 5.32 Å². The van der Waals surface area contributed by atoms with Crippen molar-refractivity contribution in [3.8, 4) is 0 Å². The van der Waals surface area contributed by atoms with Gasteiger partial charge in [-0.15, -0.1) is 0 Å². The van der Waals surface area contributed by atoms with Gasteiger partial charge in [0.15, 0.2) is 5.83 Å². The smallest absolute Gasteiger partial charge is 0.279 e. The van der Waals surface area contributed by atoms with Gasteiger partial charge in [0.2, 0.25) is 0 Å². The minimum absolute atomic E-state index is 0.337. The van der Waals surface area contributed by atoms with Crippen molar-refractivity contribution in [2.24, 2.45) is 0 Å². The first-order valence-electron chi connectivity index (χ1n) is 4.64. The van der Waals surface area contributed by atoms with Crippen molar-refractivity contribution in [2.75, 3.05) is 6.54 Å². The number of nitrogens with zero attached hydrogens (tertiary/aromatic N) is 2. The van der Waals surface area contributed by atoms with Gasteiger partial charge in [-0.2, -0.15) is 5.10 Å². The summed E-state index contributed by atoms with van der Waals surface area (Å²) < 4.78 is 14.0. The third kappa shape index (κ3) is 3.19. The number of aryl methyl sites for hydroxylation is 2. The van der Waals surface area contributed by atoms with Crippen LogP contribution in [0.15, 0.2) is 18.5 Å². The van der Waals surface area contributed by atoms with E-state index < -0.39 is 11.7 Å². The Morgan fingerprint density at radius 2 is 2.33 bits per heavy atom. The number of hydrogen-bond acceptors (Lipinski definition) is 2. The molecule has 0 aliphatic rings. The number of carbonyl (C=O) groups is 1. The summed E-state index contributed by atoms with van der Waals surface area (Å²) in [4.78, 5) is 10.8. The first-order valence-corrected chi connectivity index (χ1v) is 4.64. The summed E-state index contributed by atoms with van der Waals surface area (Å²) in [5.41, 5.74) is 1.94. The van der Waals surface area contributed by atoms with E-state index in [1.807, 2.05) is 19.9 Å². The van der Waals surface area contributed by atoms with Crippen LogP contribution in [0.1, 0.15) is 11.4 Å². The van der Waals surface area contributed by atoms with E-state index in [0.29, 0.717) is 13.1 Å². The van der Waals surface area contributed by atoms with Crippen LogP contribution in [-0.4, -0.2) is 22.2 Å². The Kier molecular flexibility index (Phi) is 3.60. The molecule has 1 heterocycles. The van der Waals surface area contributed by atoms with E-state index in [0.717, 1.165) is 11.4 Å². The lowest BCUT2D eigenvalue weighted by atomic mass is 10.4. The van der Waals surface area contributed by atoms with Crippen LogP contribution in [0.2, 0.25) is 0 Å².